The molecule has 1 rings (SSSR count). The van der Waals surface area contributed by atoms with Gasteiger partial charge < -0.3 is 5.73 Å². The van der Waals surface area contributed by atoms with E-state index in [4.69, 9.17) is 5.73 Å². The van der Waals surface area contributed by atoms with Gasteiger partial charge in [-0.1, -0.05) is 26.7 Å². The van der Waals surface area contributed by atoms with Crippen molar-refractivity contribution in [3.05, 3.63) is 0 Å². The summed E-state index contributed by atoms with van der Waals surface area (Å²) in [5, 5.41) is 0. The summed E-state index contributed by atoms with van der Waals surface area (Å²) in [5.41, 5.74) is 6.49. The third-order valence-electron chi connectivity index (χ3n) is 3.08. The van der Waals surface area contributed by atoms with Crippen molar-refractivity contribution in [2.24, 2.45) is 11.1 Å². The van der Waals surface area contributed by atoms with E-state index in [0.717, 1.165) is 6.42 Å². The summed E-state index contributed by atoms with van der Waals surface area (Å²) < 4.78 is 0. The van der Waals surface area contributed by atoms with Gasteiger partial charge >= 0.3 is 0 Å². The molecule has 0 heterocycles. The Balaban J connectivity index is 2.49. The minimum atomic E-state index is 0.440. The lowest BCUT2D eigenvalue weighted by Gasteiger charge is -2.30. The van der Waals surface area contributed by atoms with Crippen LogP contribution in [0.2, 0.25) is 0 Å². The largest absolute Gasteiger partial charge is 0.327 e. The van der Waals surface area contributed by atoms with E-state index >= 15 is 0 Å². The van der Waals surface area contributed by atoms with Crippen LogP contribution in [0.1, 0.15) is 46.0 Å². The lowest BCUT2D eigenvalue weighted by molar-refractivity contribution is 0.256. The Bertz CT molecular complexity index is 103. The molecule has 1 heteroatoms. The van der Waals surface area contributed by atoms with Gasteiger partial charge in [0.25, 0.3) is 0 Å². The number of rotatable bonds is 2. The first kappa shape index (κ1) is 8.06. The summed E-state index contributed by atoms with van der Waals surface area (Å²) in [5.74, 6) is 0. The van der Waals surface area contributed by atoms with Gasteiger partial charge in [0.05, 0.1) is 0 Å². The number of nitrogens with two attached hydrogens (primary N) is 1. The molecule has 1 fully saturated rings. The highest BCUT2D eigenvalue weighted by Crippen LogP contribution is 2.40. The van der Waals surface area contributed by atoms with Gasteiger partial charge in [-0.2, -0.15) is 0 Å². The maximum absolute atomic E-state index is 6.01. The summed E-state index contributed by atoms with van der Waals surface area (Å²) in [4.78, 5) is 0. The zero-order valence-corrected chi connectivity index (χ0v) is 7.19. The average molecular weight is 141 g/mol. The van der Waals surface area contributed by atoms with Crippen molar-refractivity contribution < 1.29 is 0 Å². The molecule has 1 saturated carbocycles. The zero-order chi connectivity index (χ0) is 7.61. The molecule has 0 unspecified atom stereocenters. The van der Waals surface area contributed by atoms with Gasteiger partial charge in [-0.25, -0.2) is 0 Å². The molecule has 1 nitrogen and oxygen atoms in total. The summed E-state index contributed by atoms with van der Waals surface area (Å²) in [6, 6.07) is 0.440. The van der Waals surface area contributed by atoms with Crippen LogP contribution >= 0.6 is 0 Å². The van der Waals surface area contributed by atoms with Gasteiger partial charge in [-0.05, 0) is 24.7 Å². The second kappa shape index (κ2) is 2.91. The van der Waals surface area contributed by atoms with E-state index in [0.29, 0.717) is 11.5 Å². The Morgan fingerprint density at radius 2 is 1.90 bits per heavy atom. The standard InChI is InChI=1S/C9H19N/c1-3-8(10)9(2)6-4-5-7-9/h8H,3-7,10H2,1-2H3/t8-/m1/s1. The topological polar surface area (TPSA) is 26.0 Å². The second-order valence-corrected chi connectivity index (χ2v) is 3.88. The average Bonchev–Trinajstić information content (AvgIpc) is 2.36. The van der Waals surface area contributed by atoms with Gasteiger partial charge in [-0.3, -0.25) is 0 Å². The molecule has 0 aromatic heterocycles. The maximum Gasteiger partial charge on any atom is 0.00902 e. The monoisotopic (exact) mass is 141 g/mol. The van der Waals surface area contributed by atoms with E-state index in [1.807, 2.05) is 0 Å². The molecule has 0 aromatic rings. The highest BCUT2D eigenvalue weighted by Gasteiger charge is 2.33. The van der Waals surface area contributed by atoms with Crippen molar-refractivity contribution in [3.8, 4) is 0 Å². The first-order chi connectivity index (χ1) is 4.69. The molecule has 1 atom stereocenters. The predicted octanol–water partition coefficient (Wildman–Crippen LogP) is 2.30. The van der Waals surface area contributed by atoms with Crippen LogP contribution in [0.3, 0.4) is 0 Å². The predicted molar refractivity (Wildman–Crippen MR) is 44.8 cm³/mol. The molecule has 0 aromatic carbocycles. The van der Waals surface area contributed by atoms with Crippen molar-refractivity contribution >= 4 is 0 Å². The fraction of sp³-hybridized carbons (Fsp3) is 1.00. The first-order valence-electron chi connectivity index (χ1n) is 4.44. The molecule has 60 valence electrons. The summed E-state index contributed by atoms with van der Waals surface area (Å²) in [6.07, 6.45) is 6.62. The minimum absolute atomic E-state index is 0.440. The Labute approximate surface area is 64.0 Å². The summed E-state index contributed by atoms with van der Waals surface area (Å²) >= 11 is 0. The Morgan fingerprint density at radius 3 is 2.30 bits per heavy atom. The van der Waals surface area contributed by atoms with E-state index in [-0.39, 0.29) is 0 Å². The van der Waals surface area contributed by atoms with Crippen molar-refractivity contribution in [3.63, 3.8) is 0 Å². The Hall–Kier alpha value is -0.0400. The van der Waals surface area contributed by atoms with Crippen LogP contribution in [0.5, 0.6) is 0 Å². The lowest BCUT2D eigenvalue weighted by Crippen LogP contribution is -2.36. The smallest absolute Gasteiger partial charge is 0.00902 e. The van der Waals surface area contributed by atoms with Gasteiger partial charge in [0.1, 0.15) is 0 Å². The van der Waals surface area contributed by atoms with Gasteiger partial charge in [0.15, 0.2) is 0 Å². The molecule has 0 aliphatic heterocycles. The number of hydrogen-bond donors (Lipinski definition) is 1. The van der Waals surface area contributed by atoms with Gasteiger partial charge in [-0.15, -0.1) is 0 Å². The highest BCUT2D eigenvalue weighted by molar-refractivity contribution is 4.88. The quantitative estimate of drug-likeness (QED) is 0.627. The Kier molecular flexibility index (Phi) is 2.35. The summed E-state index contributed by atoms with van der Waals surface area (Å²) in [7, 11) is 0. The van der Waals surface area contributed by atoms with Crippen molar-refractivity contribution in [2.45, 2.75) is 52.0 Å². The van der Waals surface area contributed by atoms with Crippen LogP contribution in [0.4, 0.5) is 0 Å². The molecule has 0 radical (unpaired) electrons. The SMILES string of the molecule is CC[C@@H](N)C1(C)CCCC1. The van der Waals surface area contributed by atoms with E-state index in [2.05, 4.69) is 13.8 Å². The molecule has 2 N–H and O–H groups in total. The lowest BCUT2D eigenvalue weighted by atomic mass is 9.80. The minimum Gasteiger partial charge on any atom is -0.327 e. The highest BCUT2D eigenvalue weighted by atomic mass is 14.7. The molecule has 1 aliphatic carbocycles. The molecule has 0 bridgehead atoms. The third kappa shape index (κ3) is 1.34. The van der Waals surface area contributed by atoms with Crippen LogP contribution in [-0.2, 0) is 0 Å². The second-order valence-electron chi connectivity index (χ2n) is 3.88. The van der Waals surface area contributed by atoms with E-state index in [9.17, 15) is 0 Å². The zero-order valence-electron chi connectivity index (χ0n) is 7.19. The van der Waals surface area contributed by atoms with Crippen LogP contribution < -0.4 is 5.73 Å². The first-order valence-corrected chi connectivity index (χ1v) is 4.44. The molecule has 10 heavy (non-hydrogen) atoms. The van der Waals surface area contributed by atoms with Crippen LogP contribution in [-0.4, -0.2) is 6.04 Å². The van der Waals surface area contributed by atoms with Crippen LogP contribution in [0, 0.1) is 5.41 Å². The van der Waals surface area contributed by atoms with Gasteiger partial charge in [0.2, 0.25) is 0 Å². The molecule has 0 amide bonds. The molecular weight excluding hydrogens is 122 g/mol. The third-order valence-corrected chi connectivity index (χ3v) is 3.08. The number of hydrogen-bond acceptors (Lipinski definition) is 1. The van der Waals surface area contributed by atoms with E-state index < -0.39 is 0 Å². The summed E-state index contributed by atoms with van der Waals surface area (Å²) in [6.45, 7) is 4.53. The van der Waals surface area contributed by atoms with Crippen molar-refractivity contribution in [1.82, 2.24) is 0 Å². The fourth-order valence-corrected chi connectivity index (χ4v) is 2.05. The maximum atomic E-state index is 6.01. The van der Waals surface area contributed by atoms with Crippen molar-refractivity contribution in [1.29, 1.82) is 0 Å². The fourth-order valence-electron chi connectivity index (χ4n) is 2.05. The normalized spacial score (nSPS) is 26.7. The molecular formula is C9H19N. The van der Waals surface area contributed by atoms with Crippen molar-refractivity contribution in [2.75, 3.05) is 0 Å². The van der Waals surface area contributed by atoms with Crippen LogP contribution in [0.15, 0.2) is 0 Å². The molecule has 0 spiro atoms. The van der Waals surface area contributed by atoms with E-state index in [1.54, 1.807) is 0 Å². The Morgan fingerprint density at radius 1 is 1.40 bits per heavy atom. The van der Waals surface area contributed by atoms with E-state index in [1.165, 1.54) is 25.7 Å². The molecule has 1 aliphatic rings. The molecule has 0 saturated heterocycles. The van der Waals surface area contributed by atoms with Gasteiger partial charge in [0, 0.05) is 6.04 Å². The van der Waals surface area contributed by atoms with Crippen LogP contribution in [0.25, 0.3) is 0 Å².